The molecule has 1 heterocycles. The Kier molecular flexibility index (Phi) is 4.66. The zero-order chi connectivity index (χ0) is 15.5. The maximum Gasteiger partial charge on any atom is 0.335 e. The van der Waals surface area contributed by atoms with Gasteiger partial charge in [-0.1, -0.05) is 0 Å². The van der Waals surface area contributed by atoms with Gasteiger partial charge in [0, 0.05) is 18.3 Å². The highest BCUT2D eigenvalue weighted by molar-refractivity contribution is 7.89. The molecule has 0 aliphatic heterocycles. The summed E-state index contributed by atoms with van der Waals surface area (Å²) in [5.74, 6) is -2.32. The Hall–Kier alpha value is -1.84. The van der Waals surface area contributed by atoms with Crippen LogP contribution >= 0.6 is 11.3 Å². The van der Waals surface area contributed by atoms with Crippen LogP contribution in [0.2, 0.25) is 0 Å². The predicted octanol–water partition coefficient (Wildman–Crippen LogP) is 1.50. The molecule has 0 fully saturated rings. The van der Waals surface area contributed by atoms with E-state index in [2.05, 4.69) is 9.71 Å². The van der Waals surface area contributed by atoms with Crippen LogP contribution in [0.1, 0.15) is 16.1 Å². The second-order valence-corrected chi connectivity index (χ2v) is 6.53. The molecule has 2 aromatic rings. The van der Waals surface area contributed by atoms with Crippen molar-refractivity contribution < 1.29 is 22.7 Å². The molecular formula is C12H11FN2O4S2. The highest BCUT2D eigenvalue weighted by Gasteiger charge is 2.20. The summed E-state index contributed by atoms with van der Waals surface area (Å²) in [5, 5.41) is 10.6. The zero-order valence-corrected chi connectivity index (χ0v) is 12.2. The maximum atomic E-state index is 13.6. The smallest absolute Gasteiger partial charge is 0.335 e. The number of carboxylic acids is 1. The minimum absolute atomic E-state index is 0.0445. The molecule has 0 unspecified atom stereocenters. The number of hydrogen-bond acceptors (Lipinski definition) is 5. The van der Waals surface area contributed by atoms with E-state index in [0.717, 1.165) is 23.9 Å². The van der Waals surface area contributed by atoms with E-state index < -0.39 is 26.7 Å². The number of aromatic carboxylic acids is 1. The fourth-order valence-electron chi connectivity index (χ4n) is 1.59. The van der Waals surface area contributed by atoms with E-state index in [1.165, 1.54) is 11.3 Å². The summed E-state index contributed by atoms with van der Waals surface area (Å²) in [5.41, 5.74) is 2.05. The third-order valence-corrected chi connectivity index (χ3v) is 4.74. The van der Waals surface area contributed by atoms with Gasteiger partial charge in [-0.3, -0.25) is 0 Å². The first-order valence-corrected chi connectivity index (χ1v) is 8.22. The summed E-state index contributed by atoms with van der Waals surface area (Å²) < 4.78 is 39.8. The summed E-state index contributed by atoms with van der Waals surface area (Å²) in [4.78, 5) is 14.1. The van der Waals surface area contributed by atoms with Gasteiger partial charge >= 0.3 is 5.97 Å². The molecular weight excluding hydrogens is 319 g/mol. The molecule has 2 rings (SSSR count). The third-order valence-electron chi connectivity index (χ3n) is 2.62. The van der Waals surface area contributed by atoms with Crippen molar-refractivity contribution in [2.75, 3.05) is 6.54 Å². The quantitative estimate of drug-likeness (QED) is 0.837. The molecule has 9 heteroatoms. The van der Waals surface area contributed by atoms with Gasteiger partial charge in [0.15, 0.2) is 0 Å². The largest absolute Gasteiger partial charge is 0.478 e. The topological polar surface area (TPSA) is 96.4 Å². The Balaban J connectivity index is 2.15. The minimum Gasteiger partial charge on any atom is -0.478 e. The standard InChI is InChI=1S/C12H11FN2O4S2/c13-10-2-1-8(12(16)17)5-11(10)21(18,19)15-4-3-9-6-20-7-14-9/h1-2,5-7,15H,3-4H2,(H,16,17). The Morgan fingerprint density at radius 3 is 2.81 bits per heavy atom. The van der Waals surface area contributed by atoms with E-state index in [0.29, 0.717) is 6.42 Å². The lowest BCUT2D eigenvalue weighted by Gasteiger charge is -2.08. The second kappa shape index (κ2) is 6.29. The van der Waals surface area contributed by atoms with E-state index in [4.69, 9.17) is 5.11 Å². The molecule has 0 saturated carbocycles. The normalized spacial score (nSPS) is 11.5. The summed E-state index contributed by atoms with van der Waals surface area (Å²) in [6.07, 6.45) is 0.364. The van der Waals surface area contributed by atoms with Crippen LogP contribution < -0.4 is 4.72 Å². The van der Waals surface area contributed by atoms with Gasteiger partial charge in [0.05, 0.1) is 16.8 Å². The van der Waals surface area contributed by atoms with Crippen molar-refractivity contribution in [1.82, 2.24) is 9.71 Å². The zero-order valence-electron chi connectivity index (χ0n) is 10.6. The summed E-state index contributed by atoms with van der Waals surface area (Å²) in [6.45, 7) is 0.0445. The Morgan fingerprint density at radius 2 is 2.19 bits per heavy atom. The summed E-state index contributed by atoms with van der Waals surface area (Å²) in [7, 11) is -4.11. The van der Waals surface area contributed by atoms with Crippen molar-refractivity contribution in [3.05, 3.63) is 46.2 Å². The molecule has 1 aromatic heterocycles. The van der Waals surface area contributed by atoms with E-state index in [9.17, 15) is 17.6 Å². The first-order chi connectivity index (χ1) is 9.90. The lowest BCUT2D eigenvalue weighted by Crippen LogP contribution is -2.27. The van der Waals surface area contributed by atoms with Gasteiger partial charge in [-0.2, -0.15) is 0 Å². The maximum absolute atomic E-state index is 13.6. The van der Waals surface area contributed by atoms with Gasteiger partial charge in [-0.15, -0.1) is 11.3 Å². The van der Waals surface area contributed by atoms with E-state index in [1.54, 1.807) is 10.9 Å². The second-order valence-electron chi connectivity index (χ2n) is 4.08. The van der Waals surface area contributed by atoms with E-state index in [-0.39, 0.29) is 12.1 Å². The number of sulfonamides is 1. The van der Waals surface area contributed by atoms with E-state index in [1.807, 2.05) is 0 Å². The molecule has 112 valence electrons. The van der Waals surface area contributed by atoms with Crippen molar-refractivity contribution in [3.63, 3.8) is 0 Å². The average Bonchev–Trinajstić information content (AvgIpc) is 2.91. The Bertz CT molecular complexity index is 745. The third kappa shape index (κ3) is 3.84. The highest BCUT2D eigenvalue weighted by Crippen LogP contribution is 2.16. The fourth-order valence-corrected chi connectivity index (χ4v) is 3.32. The molecule has 0 amide bonds. The lowest BCUT2D eigenvalue weighted by atomic mass is 10.2. The molecule has 2 N–H and O–H groups in total. The highest BCUT2D eigenvalue weighted by atomic mass is 32.2. The molecule has 0 atom stereocenters. The Labute approximate surface area is 124 Å². The van der Waals surface area contributed by atoms with Crippen molar-refractivity contribution in [2.45, 2.75) is 11.3 Å². The lowest BCUT2D eigenvalue weighted by molar-refractivity contribution is 0.0696. The number of halogens is 1. The summed E-state index contributed by atoms with van der Waals surface area (Å²) in [6, 6.07) is 2.62. The van der Waals surface area contributed by atoms with Crippen LogP contribution in [0, 0.1) is 5.82 Å². The molecule has 0 spiro atoms. The molecule has 21 heavy (non-hydrogen) atoms. The number of nitrogens with zero attached hydrogens (tertiary/aromatic N) is 1. The van der Waals surface area contributed by atoms with Crippen molar-refractivity contribution in [1.29, 1.82) is 0 Å². The van der Waals surface area contributed by atoms with Gasteiger partial charge in [0.1, 0.15) is 10.7 Å². The number of aromatic nitrogens is 1. The molecule has 0 radical (unpaired) electrons. The fraction of sp³-hybridized carbons (Fsp3) is 0.167. The predicted molar refractivity (Wildman–Crippen MR) is 74.4 cm³/mol. The van der Waals surface area contributed by atoms with Crippen LogP contribution in [0.4, 0.5) is 4.39 Å². The van der Waals surface area contributed by atoms with E-state index >= 15 is 0 Å². The average molecular weight is 330 g/mol. The van der Waals surface area contributed by atoms with Crippen LogP contribution in [-0.2, 0) is 16.4 Å². The Morgan fingerprint density at radius 1 is 1.43 bits per heavy atom. The monoisotopic (exact) mass is 330 g/mol. The number of nitrogens with one attached hydrogen (secondary N) is 1. The SMILES string of the molecule is O=C(O)c1ccc(F)c(S(=O)(=O)NCCc2cscn2)c1. The number of thiazole rings is 1. The first-order valence-electron chi connectivity index (χ1n) is 5.80. The molecule has 0 aliphatic rings. The van der Waals surface area contributed by atoms with Crippen LogP contribution in [-0.4, -0.2) is 31.0 Å². The van der Waals surface area contributed by atoms with Gasteiger partial charge in [-0.05, 0) is 18.2 Å². The number of benzene rings is 1. The molecule has 6 nitrogen and oxygen atoms in total. The number of hydrogen-bond donors (Lipinski definition) is 2. The van der Waals surface area contributed by atoms with Crippen LogP contribution in [0.3, 0.4) is 0 Å². The summed E-state index contributed by atoms with van der Waals surface area (Å²) >= 11 is 1.39. The molecule has 0 aliphatic carbocycles. The number of rotatable bonds is 6. The first kappa shape index (κ1) is 15.5. The molecule has 0 saturated heterocycles. The van der Waals surface area contributed by atoms with Gasteiger partial charge < -0.3 is 5.11 Å². The van der Waals surface area contributed by atoms with Gasteiger partial charge in [-0.25, -0.2) is 27.3 Å². The van der Waals surface area contributed by atoms with Crippen molar-refractivity contribution in [2.24, 2.45) is 0 Å². The number of carboxylic acid groups (broad SMARTS) is 1. The van der Waals surface area contributed by atoms with Crippen molar-refractivity contribution >= 4 is 27.3 Å². The van der Waals surface area contributed by atoms with Crippen LogP contribution in [0.25, 0.3) is 0 Å². The molecule has 1 aromatic carbocycles. The minimum atomic E-state index is -4.11. The molecule has 0 bridgehead atoms. The van der Waals surface area contributed by atoms with Crippen LogP contribution in [0.5, 0.6) is 0 Å². The number of carbonyl (C=O) groups is 1. The van der Waals surface area contributed by atoms with Crippen molar-refractivity contribution in [3.8, 4) is 0 Å². The van der Waals surface area contributed by atoms with Gasteiger partial charge in [0.2, 0.25) is 10.0 Å². The van der Waals surface area contributed by atoms with Crippen LogP contribution in [0.15, 0.2) is 34.0 Å². The van der Waals surface area contributed by atoms with Gasteiger partial charge in [0.25, 0.3) is 0 Å².